The topological polar surface area (TPSA) is 38.3 Å². The fourth-order valence-corrected chi connectivity index (χ4v) is 2.23. The Labute approximate surface area is 139 Å². The summed E-state index contributed by atoms with van der Waals surface area (Å²) in [5.74, 6) is -0.206. The van der Waals surface area contributed by atoms with Gasteiger partial charge in [-0.15, -0.1) is 6.58 Å². The van der Waals surface area contributed by atoms with Crippen LogP contribution >= 0.6 is 11.6 Å². The minimum Gasteiger partial charge on any atom is -0.481 e. The van der Waals surface area contributed by atoms with Gasteiger partial charge in [-0.1, -0.05) is 35.9 Å². The Kier molecular flexibility index (Phi) is 5.77. The standard InChI is InChI=1S/C18H17ClFNO2/c1-3-6-13-7-4-5-8-17(13)23-12(2)18(22)21-16-10-9-14(20)11-15(16)19/h3-5,7-12H,1,6H2,2H3,(H,21,22)/t12-/m0/s1. The molecule has 0 spiro atoms. The zero-order valence-corrected chi connectivity index (χ0v) is 13.4. The van der Waals surface area contributed by atoms with Crippen LogP contribution in [0.3, 0.4) is 0 Å². The molecule has 0 radical (unpaired) electrons. The fourth-order valence-electron chi connectivity index (χ4n) is 2.01. The van der Waals surface area contributed by atoms with Crippen molar-refractivity contribution in [1.29, 1.82) is 0 Å². The molecule has 0 unspecified atom stereocenters. The predicted octanol–water partition coefficient (Wildman–Crippen LogP) is 4.61. The van der Waals surface area contributed by atoms with E-state index in [0.717, 1.165) is 11.6 Å². The summed E-state index contributed by atoms with van der Waals surface area (Å²) < 4.78 is 18.7. The molecule has 0 aromatic heterocycles. The zero-order valence-electron chi connectivity index (χ0n) is 12.7. The number of rotatable bonds is 6. The van der Waals surface area contributed by atoms with E-state index in [-0.39, 0.29) is 10.9 Å². The van der Waals surface area contributed by atoms with E-state index in [1.54, 1.807) is 19.1 Å². The second-order valence-electron chi connectivity index (χ2n) is 4.97. The number of hydrogen-bond donors (Lipinski definition) is 1. The molecule has 23 heavy (non-hydrogen) atoms. The number of halogens is 2. The lowest BCUT2D eigenvalue weighted by molar-refractivity contribution is -0.122. The van der Waals surface area contributed by atoms with Crippen LogP contribution in [-0.4, -0.2) is 12.0 Å². The zero-order chi connectivity index (χ0) is 16.8. The van der Waals surface area contributed by atoms with Crippen molar-refractivity contribution in [1.82, 2.24) is 0 Å². The number of anilines is 1. The number of benzene rings is 2. The van der Waals surface area contributed by atoms with Gasteiger partial charge in [0.1, 0.15) is 11.6 Å². The van der Waals surface area contributed by atoms with Crippen LogP contribution in [-0.2, 0) is 11.2 Å². The number of nitrogens with one attached hydrogen (secondary N) is 1. The fraction of sp³-hybridized carbons (Fsp3) is 0.167. The first-order valence-electron chi connectivity index (χ1n) is 7.12. The third kappa shape index (κ3) is 4.57. The van der Waals surface area contributed by atoms with Crippen LogP contribution in [0, 0.1) is 5.82 Å². The maximum atomic E-state index is 13.0. The summed E-state index contributed by atoms with van der Waals surface area (Å²) in [5, 5.41) is 2.76. The summed E-state index contributed by atoms with van der Waals surface area (Å²) in [6.45, 7) is 5.34. The summed E-state index contributed by atoms with van der Waals surface area (Å²) in [4.78, 5) is 12.2. The van der Waals surface area contributed by atoms with E-state index in [1.165, 1.54) is 12.1 Å². The van der Waals surface area contributed by atoms with E-state index in [2.05, 4.69) is 11.9 Å². The Hall–Kier alpha value is -2.33. The molecule has 1 amide bonds. The van der Waals surface area contributed by atoms with E-state index in [9.17, 15) is 9.18 Å². The first kappa shape index (κ1) is 17.0. The monoisotopic (exact) mass is 333 g/mol. The highest BCUT2D eigenvalue weighted by molar-refractivity contribution is 6.33. The molecule has 0 aliphatic rings. The average molecular weight is 334 g/mol. The molecule has 2 rings (SSSR count). The molecule has 0 heterocycles. The Bertz CT molecular complexity index is 718. The molecule has 1 atom stereocenters. The van der Waals surface area contributed by atoms with E-state index in [0.29, 0.717) is 17.9 Å². The van der Waals surface area contributed by atoms with Crippen molar-refractivity contribution in [2.45, 2.75) is 19.4 Å². The highest BCUT2D eigenvalue weighted by Crippen LogP contribution is 2.24. The summed E-state index contributed by atoms with van der Waals surface area (Å²) in [7, 11) is 0. The first-order valence-corrected chi connectivity index (χ1v) is 7.50. The van der Waals surface area contributed by atoms with Gasteiger partial charge in [-0.25, -0.2) is 4.39 Å². The molecule has 0 aliphatic heterocycles. The van der Waals surface area contributed by atoms with Crippen molar-refractivity contribution in [3.05, 3.63) is 71.5 Å². The molecule has 0 fully saturated rings. The van der Waals surface area contributed by atoms with Crippen LogP contribution in [0.15, 0.2) is 55.1 Å². The van der Waals surface area contributed by atoms with Gasteiger partial charge in [-0.2, -0.15) is 0 Å². The smallest absolute Gasteiger partial charge is 0.265 e. The van der Waals surface area contributed by atoms with Gasteiger partial charge in [0.25, 0.3) is 5.91 Å². The number of para-hydroxylation sites is 1. The Morgan fingerprint density at radius 2 is 2.13 bits per heavy atom. The lowest BCUT2D eigenvalue weighted by Gasteiger charge is -2.17. The molecule has 0 bridgehead atoms. The van der Waals surface area contributed by atoms with Crippen LogP contribution in [0.4, 0.5) is 10.1 Å². The van der Waals surface area contributed by atoms with Gasteiger partial charge < -0.3 is 10.1 Å². The van der Waals surface area contributed by atoms with E-state index >= 15 is 0 Å². The largest absolute Gasteiger partial charge is 0.481 e. The Balaban J connectivity index is 2.07. The average Bonchev–Trinajstić information content (AvgIpc) is 2.52. The summed E-state index contributed by atoms with van der Waals surface area (Å²) in [6, 6.07) is 11.2. The van der Waals surface area contributed by atoms with Gasteiger partial charge in [0.05, 0.1) is 10.7 Å². The highest BCUT2D eigenvalue weighted by atomic mass is 35.5. The molecule has 3 nitrogen and oxygen atoms in total. The molecule has 120 valence electrons. The van der Waals surface area contributed by atoms with E-state index < -0.39 is 11.9 Å². The van der Waals surface area contributed by atoms with Crippen LogP contribution < -0.4 is 10.1 Å². The molecule has 2 aromatic carbocycles. The van der Waals surface area contributed by atoms with Crippen molar-refractivity contribution in [3.8, 4) is 5.75 Å². The van der Waals surface area contributed by atoms with Crippen LogP contribution in [0.1, 0.15) is 12.5 Å². The lowest BCUT2D eigenvalue weighted by atomic mass is 10.1. The quantitative estimate of drug-likeness (QED) is 0.784. The predicted molar refractivity (Wildman–Crippen MR) is 90.5 cm³/mol. The van der Waals surface area contributed by atoms with E-state index in [4.69, 9.17) is 16.3 Å². The summed E-state index contributed by atoms with van der Waals surface area (Å²) in [6.07, 6.45) is 1.68. The number of carbonyl (C=O) groups is 1. The maximum Gasteiger partial charge on any atom is 0.265 e. The maximum absolute atomic E-state index is 13.0. The molecule has 5 heteroatoms. The normalized spacial score (nSPS) is 11.6. The molecule has 0 aliphatic carbocycles. The van der Waals surface area contributed by atoms with Gasteiger partial charge >= 0.3 is 0 Å². The molecule has 0 saturated heterocycles. The number of ether oxygens (including phenoxy) is 1. The van der Waals surface area contributed by atoms with Crippen molar-refractivity contribution in [2.75, 3.05) is 5.32 Å². The minimum absolute atomic E-state index is 0.137. The SMILES string of the molecule is C=CCc1ccccc1O[C@@H](C)C(=O)Nc1ccc(F)cc1Cl. The van der Waals surface area contributed by atoms with E-state index in [1.807, 2.05) is 18.2 Å². The number of amides is 1. The first-order chi connectivity index (χ1) is 11.0. The van der Waals surface area contributed by atoms with Crippen molar-refractivity contribution in [2.24, 2.45) is 0 Å². The van der Waals surface area contributed by atoms with Crippen molar-refractivity contribution < 1.29 is 13.9 Å². The molecule has 2 aromatic rings. The van der Waals surface area contributed by atoms with Gasteiger partial charge in [0, 0.05) is 0 Å². The third-order valence-corrected chi connectivity index (χ3v) is 3.51. The van der Waals surface area contributed by atoms with Gasteiger partial charge in [-0.3, -0.25) is 4.79 Å². The van der Waals surface area contributed by atoms with Gasteiger partial charge in [0.2, 0.25) is 0 Å². The molecular formula is C18H17ClFNO2. The summed E-state index contributed by atoms with van der Waals surface area (Å²) in [5.41, 5.74) is 1.29. The number of carbonyl (C=O) groups excluding carboxylic acids is 1. The second-order valence-corrected chi connectivity index (χ2v) is 5.38. The van der Waals surface area contributed by atoms with Crippen LogP contribution in [0.25, 0.3) is 0 Å². The summed E-state index contributed by atoms with van der Waals surface area (Å²) >= 11 is 5.90. The van der Waals surface area contributed by atoms with Crippen molar-refractivity contribution >= 4 is 23.2 Å². The third-order valence-electron chi connectivity index (χ3n) is 3.20. The minimum atomic E-state index is -0.734. The Morgan fingerprint density at radius 1 is 1.39 bits per heavy atom. The lowest BCUT2D eigenvalue weighted by Crippen LogP contribution is -2.30. The van der Waals surface area contributed by atoms with Crippen molar-refractivity contribution in [3.63, 3.8) is 0 Å². The Morgan fingerprint density at radius 3 is 2.83 bits per heavy atom. The molecule has 1 N–H and O–H groups in total. The second kappa shape index (κ2) is 7.79. The van der Waals surface area contributed by atoms with Crippen LogP contribution in [0.5, 0.6) is 5.75 Å². The molecule has 0 saturated carbocycles. The molecular weight excluding hydrogens is 317 g/mol. The van der Waals surface area contributed by atoms with Crippen LogP contribution in [0.2, 0.25) is 5.02 Å². The van der Waals surface area contributed by atoms with Gasteiger partial charge in [0.15, 0.2) is 6.10 Å². The number of hydrogen-bond acceptors (Lipinski definition) is 2. The van der Waals surface area contributed by atoms with Gasteiger partial charge in [-0.05, 0) is 43.2 Å². The highest BCUT2D eigenvalue weighted by Gasteiger charge is 2.17. The number of allylic oxidation sites excluding steroid dienone is 1.